The Kier molecular flexibility index (Phi) is 5.06. The molecule has 0 radical (unpaired) electrons. The van der Waals surface area contributed by atoms with Crippen molar-refractivity contribution in [1.29, 1.82) is 0 Å². The second-order valence-corrected chi connectivity index (χ2v) is 3.39. The molecule has 7 nitrogen and oxygen atoms in total. The summed E-state index contributed by atoms with van der Waals surface area (Å²) in [5, 5.41) is 13.4. The lowest BCUT2D eigenvalue weighted by atomic mass is 10.1. The van der Waals surface area contributed by atoms with E-state index >= 15 is 0 Å². The van der Waals surface area contributed by atoms with Crippen LogP contribution in [0.15, 0.2) is 18.2 Å². The molecule has 0 saturated heterocycles. The van der Waals surface area contributed by atoms with Crippen molar-refractivity contribution in [3.63, 3.8) is 0 Å². The van der Waals surface area contributed by atoms with Crippen molar-refractivity contribution in [2.45, 2.75) is 6.92 Å². The molecule has 0 fully saturated rings. The van der Waals surface area contributed by atoms with E-state index in [9.17, 15) is 14.9 Å². The maximum absolute atomic E-state index is 11.8. The fraction of sp³-hybridized carbons (Fsp3) is 0.364. The summed E-state index contributed by atoms with van der Waals surface area (Å²) >= 11 is 0. The molecule has 0 saturated carbocycles. The zero-order chi connectivity index (χ0) is 13.5. The summed E-state index contributed by atoms with van der Waals surface area (Å²) in [5.41, 5.74) is 5.19. The predicted octanol–water partition coefficient (Wildman–Crippen LogP) is 0.682. The molecule has 0 spiro atoms. The predicted molar refractivity (Wildman–Crippen MR) is 65.7 cm³/mol. The number of nitro benzene ring substituents is 1. The summed E-state index contributed by atoms with van der Waals surface area (Å²) in [4.78, 5) is 22.1. The van der Waals surface area contributed by atoms with Crippen molar-refractivity contribution >= 4 is 11.6 Å². The minimum Gasteiger partial charge on any atom is -0.487 e. The first-order chi connectivity index (χ1) is 8.61. The van der Waals surface area contributed by atoms with Crippen molar-refractivity contribution < 1.29 is 14.5 Å². The van der Waals surface area contributed by atoms with Gasteiger partial charge in [-0.25, -0.2) is 0 Å². The molecule has 0 bridgehead atoms. The Morgan fingerprint density at radius 3 is 2.83 bits per heavy atom. The van der Waals surface area contributed by atoms with Gasteiger partial charge in [-0.05, 0) is 13.0 Å². The maximum Gasteiger partial charge on any atom is 0.311 e. The van der Waals surface area contributed by atoms with Gasteiger partial charge in [0.05, 0.1) is 17.1 Å². The van der Waals surface area contributed by atoms with Gasteiger partial charge < -0.3 is 15.8 Å². The smallest absolute Gasteiger partial charge is 0.311 e. The standard InChI is InChI=1S/C11H15N3O4/c1-2-18-10-8(11(15)13-7-6-12)4-3-5-9(10)14(16)17/h3-5H,2,6-7,12H2,1H3,(H,13,15). The number of hydrogen-bond donors (Lipinski definition) is 2. The van der Waals surface area contributed by atoms with Crippen molar-refractivity contribution in [3.8, 4) is 5.75 Å². The number of carbonyl (C=O) groups is 1. The molecule has 0 aromatic heterocycles. The van der Waals surface area contributed by atoms with Gasteiger partial charge in [-0.2, -0.15) is 0 Å². The Balaban J connectivity index is 3.13. The fourth-order valence-electron chi connectivity index (χ4n) is 1.42. The first-order valence-electron chi connectivity index (χ1n) is 5.50. The van der Waals surface area contributed by atoms with Crippen LogP contribution in [0.1, 0.15) is 17.3 Å². The molecule has 0 heterocycles. The van der Waals surface area contributed by atoms with Crippen molar-refractivity contribution in [3.05, 3.63) is 33.9 Å². The molecule has 0 atom stereocenters. The highest BCUT2D eigenvalue weighted by Crippen LogP contribution is 2.30. The Morgan fingerprint density at radius 1 is 1.56 bits per heavy atom. The number of hydrogen-bond acceptors (Lipinski definition) is 5. The third-order valence-electron chi connectivity index (χ3n) is 2.15. The van der Waals surface area contributed by atoms with Gasteiger partial charge in [-0.15, -0.1) is 0 Å². The van der Waals surface area contributed by atoms with Crippen LogP contribution in [0.25, 0.3) is 0 Å². The molecule has 98 valence electrons. The zero-order valence-corrected chi connectivity index (χ0v) is 10.0. The summed E-state index contributed by atoms with van der Waals surface area (Å²) in [7, 11) is 0. The van der Waals surface area contributed by atoms with E-state index in [0.29, 0.717) is 13.1 Å². The van der Waals surface area contributed by atoms with E-state index in [-0.39, 0.29) is 23.6 Å². The lowest BCUT2D eigenvalue weighted by Gasteiger charge is -2.10. The van der Waals surface area contributed by atoms with Crippen LogP contribution in [0.2, 0.25) is 0 Å². The molecule has 18 heavy (non-hydrogen) atoms. The van der Waals surface area contributed by atoms with Gasteiger partial charge in [0.2, 0.25) is 5.75 Å². The summed E-state index contributed by atoms with van der Waals surface area (Å²) < 4.78 is 5.20. The normalized spacial score (nSPS) is 9.89. The van der Waals surface area contributed by atoms with Gasteiger partial charge in [0.25, 0.3) is 5.91 Å². The summed E-state index contributed by atoms with van der Waals surface area (Å²) in [6, 6.07) is 4.21. The Bertz CT molecular complexity index is 448. The number of rotatable bonds is 6. The number of ether oxygens (including phenoxy) is 1. The van der Waals surface area contributed by atoms with Crippen LogP contribution in [0.5, 0.6) is 5.75 Å². The van der Waals surface area contributed by atoms with Gasteiger partial charge in [-0.1, -0.05) is 6.07 Å². The van der Waals surface area contributed by atoms with E-state index in [0.717, 1.165) is 0 Å². The first kappa shape index (κ1) is 13.9. The van der Waals surface area contributed by atoms with Crippen LogP contribution in [0.4, 0.5) is 5.69 Å². The van der Waals surface area contributed by atoms with Crippen LogP contribution < -0.4 is 15.8 Å². The first-order valence-corrected chi connectivity index (χ1v) is 5.50. The van der Waals surface area contributed by atoms with Gasteiger partial charge in [0.1, 0.15) is 0 Å². The van der Waals surface area contributed by atoms with Gasteiger partial charge in [0.15, 0.2) is 0 Å². The van der Waals surface area contributed by atoms with E-state index < -0.39 is 10.8 Å². The monoisotopic (exact) mass is 253 g/mol. The van der Waals surface area contributed by atoms with E-state index in [1.807, 2.05) is 0 Å². The van der Waals surface area contributed by atoms with E-state index in [4.69, 9.17) is 10.5 Å². The number of para-hydroxylation sites is 1. The summed E-state index contributed by atoms with van der Waals surface area (Å²) in [6.07, 6.45) is 0. The highest BCUT2D eigenvalue weighted by molar-refractivity contribution is 5.98. The second kappa shape index (κ2) is 6.55. The SMILES string of the molecule is CCOc1c(C(=O)NCCN)cccc1[N+](=O)[O-]. The second-order valence-electron chi connectivity index (χ2n) is 3.39. The number of nitrogens with zero attached hydrogens (tertiary/aromatic N) is 1. The van der Waals surface area contributed by atoms with Crippen LogP contribution in [0.3, 0.4) is 0 Å². The van der Waals surface area contributed by atoms with Gasteiger partial charge >= 0.3 is 5.69 Å². The third kappa shape index (κ3) is 3.17. The molecular formula is C11H15N3O4. The number of nitrogens with two attached hydrogens (primary N) is 1. The average Bonchev–Trinajstić information content (AvgIpc) is 2.36. The Labute approximate surface area is 104 Å². The molecule has 1 aromatic rings. The summed E-state index contributed by atoms with van der Waals surface area (Å²) in [6.45, 7) is 2.53. The van der Waals surface area contributed by atoms with E-state index in [2.05, 4.69) is 5.32 Å². The van der Waals surface area contributed by atoms with E-state index in [1.54, 1.807) is 6.92 Å². The molecule has 1 aromatic carbocycles. The van der Waals surface area contributed by atoms with E-state index in [1.165, 1.54) is 18.2 Å². The lowest BCUT2D eigenvalue weighted by molar-refractivity contribution is -0.385. The fourth-order valence-corrected chi connectivity index (χ4v) is 1.42. The molecule has 1 amide bonds. The molecule has 0 unspecified atom stereocenters. The Morgan fingerprint density at radius 2 is 2.28 bits per heavy atom. The van der Waals surface area contributed by atoms with Crippen LogP contribution >= 0.6 is 0 Å². The maximum atomic E-state index is 11.8. The van der Waals surface area contributed by atoms with Crippen molar-refractivity contribution in [1.82, 2.24) is 5.32 Å². The Hall–Kier alpha value is -2.15. The number of carbonyl (C=O) groups excluding carboxylic acids is 1. The quantitative estimate of drug-likeness (QED) is 0.572. The zero-order valence-electron chi connectivity index (χ0n) is 10.0. The third-order valence-corrected chi connectivity index (χ3v) is 2.15. The lowest BCUT2D eigenvalue weighted by Crippen LogP contribution is -2.29. The molecule has 0 aliphatic carbocycles. The highest BCUT2D eigenvalue weighted by Gasteiger charge is 2.22. The topological polar surface area (TPSA) is 107 Å². The van der Waals surface area contributed by atoms with Crippen molar-refractivity contribution in [2.75, 3.05) is 19.7 Å². The summed E-state index contributed by atoms with van der Waals surface area (Å²) in [5.74, 6) is -0.452. The molecular weight excluding hydrogens is 238 g/mol. The van der Waals surface area contributed by atoms with Gasteiger partial charge in [0, 0.05) is 19.2 Å². The van der Waals surface area contributed by atoms with Crippen molar-refractivity contribution in [2.24, 2.45) is 5.73 Å². The van der Waals surface area contributed by atoms with Crippen LogP contribution in [0, 0.1) is 10.1 Å². The highest BCUT2D eigenvalue weighted by atomic mass is 16.6. The minimum atomic E-state index is -0.579. The average molecular weight is 253 g/mol. The van der Waals surface area contributed by atoms with Crippen LogP contribution in [-0.2, 0) is 0 Å². The molecule has 3 N–H and O–H groups in total. The number of nitro groups is 1. The number of benzene rings is 1. The van der Waals surface area contributed by atoms with Gasteiger partial charge in [-0.3, -0.25) is 14.9 Å². The minimum absolute atomic E-state index is 0.0143. The molecule has 0 aliphatic heterocycles. The molecule has 0 aliphatic rings. The number of amides is 1. The number of nitrogens with one attached hydrogen (secondary N) is 1. The molecule has 1 rings (SSSR count). The van der Waals surface area contributed by atoms with Crippen LogP contribution in [-0.4, -0.2) is 30.5 Å². The molecule has 7 heteroatoms. The largest absolute Gasteiger partial charge is 0.487 e.